The molecule has 2 rings (SSSR count). The summed E-state index contributed by atoms with van der Waals surface area (Å²) in [6, 6.07) is 3.71. The zero-order valence-electron chi connectivity index (χ0n) is 9.28. The lowest BCUT2D eigenvalue weighted by atomic mass is 10.2. The van der Waals surface area contributed by atoms with Crippen molar-refractivity contribution in [1.82, 2.24) is 5.48 Å². The Labute approximate surface area is 98.4 Å². The van der Waals surface area contributed by atoms with E-state index in [2.05, 4.69) is 5.48 Å². The van der Waals surface area contributed by atoms with Crippen molar-refractivity contribution >= 4 is 5.91 Å². The summed E-state index contributed by atoms with van der Waals surface area (Å²) in [4.78, 5) is 16.8. The molecule has 1 aliphatic rings. The number of amides is 1. The Morgan fingerprint density at radius 3 is 2.76 bits per heavy atom. The highest BCUT2D eigenvalue weighted by molar-refractivity contribution is 5.96. The maximum atomic E-state index is 13.3. The summed E-state index contributed by atoms with van der Waals surface area (Å²) in [6.07, 6.45) is 3.93. The van der Waals surface area contributed by atoms with Crippen molar-refractivity contribution in [2.75, 3.05) is 0 Å². The van der Waals surface area contributed by atoms with Gasteiger partial charge in [-0.15, -0.1) is 0 Å². The fourth-order valence-corrected chi connectivity index (χ4v) is 1.93. The molecule has 0 atom stereocenters. The Morgan fingerprint density at radius 1 is 1.41 bits per heavy atom. The van der Waals surface area contributed by atoms with Gasteiger partial charge in [-0.2, -0.15) is 0 Å². The van der Waals surface area contributed by atoms with Crippen LogP contribution in [-0.2, 0) is 4.84 Å². The Morgan fingerprint density at radius 2 is 2.12 bits per heavy atom. The number of phenolic OH excluding ortho intramolecular Hbond substituents is 1. The molecule has 1 aliphatic carbocycles. The number of phenols is 1. The van der Waals surface area contributed by atoms with Gasteiger partial charge >= 0.3 is 0 Å². The van der Waals surface area contributed by atoms with E-state index in [9.17, 15) is 14.3 Å². The van der Waals surface area contributed by atoms with Gasteiger partial charge in [-0.1, -0.05) is 18.9 Å². The van der Waals surface area contributed by atoms with E-state index in [0.717, 1.165) is 31.7 Å². The minimum absolute atomic E-state index is 0.00661. The number of hydroxylamine groups is 1. The first kappa shape index (κ1) is 11.9. The van der Waals surface area contributed by atoms with Crippen molar-refractivity contribution < 1.29 is 19.1 Å². The molecule has 1 aromatic carbocycles. The summed E-state index contributed by atoms with van der Waals surface area (Å²) in [7, 11) is 0. The maximum absolute atomic E-state index is 13.3. The number of benzene rings is 1. The molecule has 17 heavy (non-hydrogen) atoms. The molecule has 92 valence electrons. The first-order chi connectivity index (χ1) is 8.18. The van der Waals surface area contributed by atoms with Crippen molar-refractivity contribution in [2.45, 2.75) is 31.8 Å². The van der Waals surface area contributed by atoms with Gasteiger partial charge in [0.2, 0.25) is 0 Å². The zero-order valence-corrected chi connectivity index (χ0v) is 9.28. The number of hydrogen-bond donors (Lipinski definition) is 2. The van der Waals surface area contributed by atoms with Crippen LogP contribution in [0.2, 0.25) is 0 Å². The van der Waals surface area contributed by atoms with Crippen molar-refractivity contribution in [3.8, 4) is 5.75 Å². The molecule has 0 unspecified atom stereocenters. The van der Waals surface area contributed by atoms with Crippen LogP contribution in [0, 0.1) is 5.82 Å². The second-order valence-electron chi connectivity index (χ2n) is 4.09. The van der Waals surface area contributed by atoms with Gasteiger partial charge < -0.3 is 5.11 Å². The van der Waals surface area contributed by atoms with E-state index in [-0.39, 0.29) is 11.7 Å². The average molecular weight is 239 g/mol. The van der Waals surface area contributed by atoms with Gasteiger partial charge in [0.05, 0.1) is 6.10 Å². The van der Waals surface area contributed by atoms with Crippen molar-refractivity contribution in [2.24, 2.45) is 0 Å². The Kier molecular flexibility index (Phi) is 3.58. The molecule has 0 spiro atoms. The monoisotopic (exact) mass is 239 g/mol. The molecule has 5 heteroatoms. The van der Waals surface area contributed by atoms with Crippen LogP contribution >= 0.6 is 0 Å². The molecule has 0 radical (unpaired) electrons. The lowest BCUT2D eigenvalue weighted by molar-refractivity contribution is -0.0128. The van der Waals surface area contributed by atoms with E-state index in [0.29, 0.717) is 0 Å². The summed E-state index contributed by atoms with van der Waals surface area (Å²) in [5.74, 6) is -1.91. The third kappa shape index (κ3) is 2.74. The normalized spacial score (nSPS) is 16.1. The molecule has 1 aromatic rings. The number of hydrogen-bond acceptors (Lipinski definition) is 3. The lowest BCUT2D eigenvalue weighted by Gasteiger charge is -2.12. The quantitative estimate of drug-likeness (QED) is 0.794. The smallest absolute Gasteiger partial charge is 0.281 e. The Balaban J connectivity index is 1.99. The average Bonchev–Trinajstić information content (AvgIpc) is 2.79. The number of carbonyl (C=O) groups excluding carboxylic acids is 1. The third-order valence-electron chi connectivity index (χ3n) is 2.84. The van der Waals surface area contributed by atoms with E-state index < -0.39 is 17.5 Å². The van der Waals surface area contributed by atoms with E-state index in [1.165, 1.54) is 12.1 Å². The molecule has 0 heterocycles. The number of rotatable bonds is 3. The molecular weight excluding hydrogens is 225 g/mol. The maximum Gasteiger partial charge on any atom is 0.281 e. The largest absolute Gasteiger partial charge is 0.507 e. The minimum Gasteiger partial charge on any atom is -0.507 e. The molecule has 4 nitrogen and oxygen atoms in total. The van der Waals surface area contributed by atoms with E-state index in [1.54, 1.807) is 0 Å². The number of nitrogens with one attached hydrogen (secondary N) is 1. The Bertz CT molecular complexity index is 396. The third-order valence-corrected chi connectivity index (χ3v) is 2.84. The number of aromatic hydroxyl groups is 1. The van der Waals surface area contributed by atoms with E-state index in [1.807, 2.05) is 0 Å². The highest BCUT2D eigenvalue weighted by atomic mass is 19.1. The first-order valence-corrected chi connectivity index (χ1v) is 5.62. The summed E-state index contributed by atoms with van der Waals surface area (Å²) >= 11 is 0. The van der Waals surface area contributed by atoms with Crippen molar-refractivity contribution in [3.05, 3.63) is 29.6 Å². The van der Waals surface area contributed by atoms with E-state index >= 15 is 0 Å². The van der Waals surface area contributed by atoms with Crippen LogP contribution in [0.1, 0.15) is 36.0 Å². The molecule has 0 aromatic heterocycles. The summed E-state index contributed by atoms with van der Waals surface area (Å²) < 4.78 is 13.3. The van der Waals surface area contributed by atoms with Gasteiger partial charge in [0.15, 0.2) is 0 Å². The van der Waals surface area contributed by atoms with Gasteiger partial charge in [-0.25, -0.2) is 9.87 Å². The predicted molar refractivity (Wildman–Crippen MR) is 58.9 cm³/mol. The predicted octanol–water partition coefficient (Wildman–Crippen LogP) is 2.14. The molecule has 1 saturated carbocycles. The number of halogens is 1. The molecule has 0 saturated heterocycles. The van der Waals surface area contributed by atoms with Crippen LogP contribution in [0.15, 0.2) is 18.2 Å². The minimum atomic E-state index is -0.766. The summed E-state index contributed by atoms with van der Waals surface area (Å²) in [5.41, 5.74) is 1.80. The summed E-state index contributed by atoms with van der Waals surface area (Å²) in [6.45, 7) is 0. The standard InChI is InChI=1S/C12H14FNO3/c13-9-6-3-7-10(15)11(9)12(16)14-17-8-4-1-2-5-8/h3,6-8,15H,1-2,4-5H2,(H,14,16). The SMILES string of the molecule is O=C(NOC1CCCC1)c1c(O)cccc1F. The zero-order chi connectivity index (χ0) is 12.3. The second kappa shape index (κ2) is 5.14. The van der Waals surface area contributed by atoms with Gasteiger partial charge in [0.1, 0.15) is 17.1 Å². The second-order valence-corrected chi connectivity index (χ2v) is 4.09. The molecule has 1 fully saturated rings. The molecule has 0 aliphatic heterocycles. The summed E-state index contributed by atoms with van der Waals surface area (Å²) in [5, 5.41) is 9.40. The molecule has 2 N–H and O–H groups in total. The lowest BCUT2D eigenvalue weighted by Crippen LogP contribution is -2.29. The molecular formula is C12H14FNO3. The highest BCUT2D eigenvalue weighted by Gasteiger charge is 2.20. The fourth-order valence-electron chi connectivity index (χ4n) is 1.93. The highest BCUT2D eigenvalue weighted by Crippen LogP contribution is 2.22. The van der Waals surface area contributed by atoms with E-state index in [4.69, 9.17) is 4.84 Å². The van der Waals surface area contributed by atoms with Gasteiger partial charge in [0, 0.05) is 0 Å². The van der Waals surface area contributed by atoms with Crippen LogP contribution < -0.4 is 5.48 Å². The fraction of sp³-hybridized carbons (Fsp3) is 0.417. The number of carbonyl (C=O) groups is 1. The molecule has 1 amide bonds. The first-order valence-electron chi connectivity index (χ1n) is 5.62. The van der Waals surface area contributed by atoms with Gasteiger partial charge in [0.25, 0.3) is 5.91 Å². The van der Waals surface area contributed by atoms with Crippen molar-refractivity contribution in [1.29, 1.82) is 0 Å². The Hall–Kier alpha value is -1.62. The van der Waals surface area contributed by atoms with Gasteiger partial charge in [-0.3, -0.25) is 9.63 Å². The van der Waals surface area contributed by atoms with Crippen molar-refractivity contribution in [3.63, 3.8) is 0 Å². The molecule has 0 bridgehead atoms. The van der Waals surface area contributed by atoms with Crippen LogP contribution in [0.5, 0.6) is 5.75 Å². The van der Waals surface area contributed by atoms with Crippen LogP contribution in [-0.4, -0.2) is 17.1 Å². The van der Waals surface area contributed by atoms with Gasteiger partial charge in [-0.05, 0) is 25.0 Å². The van der Waals surface area contributed by atoms with Crippen LogP contribution in [0.4, 0.5) is 4.39 Å². The topological polar surface area (TPSA) is 58.6 Å². The van der Waals surface area contributed by atoms with Crippen LogP contribution in [0.25, 0.3) is 0 Å². The van der Waals surface area contributed by atoms with Crippen LogP contribution in [0.3, 0.4) is 0 Å².